The van der Waals surface area contributed by atoms with Crippen LogP contribution in [-0.4, -0.2) is 98.9 Å². The largest absolute Gasteiger partial charge is 0.497 e. The van der Waals surface area contributed by atoms with Crippen LogP contribution in [0.3, 0.4) is 0 Å². The molecule has 2 N–H and O–H groups in total. The minimum absolute atomic E-state index is 0.0601. The quantitative estimate of drug-likeness (QED) is 0.471. The smallest absolute Gasteiger partial charge is 0.338 e. The minimum Gasteiger partial charge on any atom is -0.497 e. The summed E-state index contributed by atoms with van der Waals surface area (Å²) in [7, 11) is 3.10. The summed E-state index contributed by atoms with van der Waals surface area (Å²) in [4.78, 5) is 44.9. The zero-order valence-electron chi connectivity index (χ0n) is 23.3. The van der Waals surface area contributed by atoms with Gasteiger partial charge in [-0.05, 0) is 46.2 Å². The van der Waals surface area contributed by atoms with Crippen molar-refractivity contribution in [2.75, 3.05) is 60.1 Å². The maximum Gasteiger partial charge on any atom is 0.338 e. The molecule has 0 aliphatic carbocycles. The predicted molar refractivity (Wildman–Crippen MR) is 143 cm³/mol. The number of urea groups is 2. The van der Waals surface area contributed by atoms with Gasteiger partial charge in [-0.1, -0.05) is 0 Å². The molecule has 210 valence electrons. The fourth-order valence-electron chi connectivity index (χ4n) is 4.83. The molecule has 1 fully saturated rings. The summed E-state index contributed by atoms with van der Waals surface area (Å²) in [5.74, 6) is 0.597. The zero-order valence-corrected chi connectivity index (χ0v) is 23.3. The number of methoxy groups -OCH3 is 2. The molecule has 4 amide bonds. The lowest BCUT2D eigenvalue weighted by molar-refractivity contribution is -0.139. The number of esters is 1. The molecule has 11 heteroatoms. The molecule has 1 saturated heterocycles. The number of hydrogen-bond acceptors (Lipinski definition) is 7. The fourth-order valence-corrected chi connectivity index (χ4v) is 4.83. The Morgan fingerprint density at radius 1 is 1.11 bits per heavy atom. The van der Waals surface area contributed by atoms with Crippen molar-refractivity contribution in [1.82, 2.24) is 25.3 Å². The van der Waals surface area contributed by atoms with Gasteiger partial charge in [0, 0.05) is 62.6 Å². The summed E-state index contributed by atoms with van der Waals surface area (Å²) in [5, 5.41) is 5.94. The van der Waals surface area contributed by atoms with Crippen molar-refractivity contribution in [1.29, 1.82) is 0 Å². The first kappa shape index (κ1) is 29.1. The van der Waals surface area contributed by atoms with Crippen LogP contribution in [0, 0.1) is 0 Å². The molecule has 1 aromatic carbocycles. The van der Waals surface area contributed by atoms with E-state index >= 15 is 0 Å². The Morgan fingerprint density at radius 3 is 2.50 bits per heavy atom. The minimum atomic E-state index is -0.763. The SMILES string of the molecule is CCOC(=O)C1=C(CN2CCCN(C(=O)NC(C)C)CC2)N(CC)C(=O)N[C@@H]1c1ccc(OC)cc1OC. The molecule has 2 aliphatic rings. The van der Waals surface area contributed by atoms with Gasteiger partial charge in [0.05, 0.1) is 32.4 Å². The third kappa shape index (κ3) is 6.69. The molecule has 3 rings (SSSR count). The second-order valence-corrected chi connectivity index (χ2v) is 9.54. The Hall–Kier alpha value is -3.47. The van der Waals surface area contributed by atoms with E-state index in [0.717, 1.165) is 13.0 Å². The molecule has 0 unspecified atom stereocenters. The van der Waals surface area contributed by atoms with Crippen LogP contribution in [-0.2, 0) is 9.53 Å². The van der Waals surface area contributed by atoms with Crippen LogP contribution in [0.15, 0.2) is 29.5 Å². The van der Waals surface area contributed by atoms with Gasteiger partial charge in [-0.15, -0.1) is 0 Å². The molecule has 0 radical (unpaired) electrons. The molecule has 38 heavy (non-hydrogen) atoms. The van der Waals surface area contributed by atoms with Crippen molar-refractivity contribution in [2.45, 2.75) is 46.2 Å². The van der Waals surface area contributed by atoms with Crippen LogP contribution >= 0.6 is 0 Å². The second-order valence-electron chi connectivity index (χ2n) is 9.54. The highest BCUT2D eigenvalue weighted by Gasteiger charge is 2.39. The summed E-state index contributed by atoms with van der Waals surface area (Å²) >= 11 is 0. The van der Waals surface area contributed by atoms with Crippen molar-refractivity contribution in [3.05, 3.63) is 35.0 Å². The van der Waals surface area contributed by atoms with Gasteiger partial charge in [-0.3, -0.25) is 9.80 Å². The first-order chi connectivity index (χ1) is 18.2. The Morgan fingerprint density at radius 2 is 1.87 bits per heavy atom. The molecule has 2 heterocycles. The number of ether oxygens (including phenoxy) is 3. The summed E-state index contributed by atoms with van der Waals surface area (Å²) in [6.07, 6.45) is 0.779. The van der Waals surface area contributed by atoms with Gasteiger partial charge in [-0.2, -0.15) is 0 Å². The second kappa shape index (κ2) is 13.4. The molecule has 11 nitrogen and oxygen atoms in total. The summed E-state index contributed by atoms with van der Waals surface area (Å²) < 4.78 is 16.4. The number of carbonyl (C=O) groups is 3. The van der Waals surface area contributed by atoms with Crippen molar-refractivity contribution in [3.63, 3.8) is 0 Å². The number of benzene rings is 1. The molecular weight excluding hydrogens is 490 g/mol. The van der Waals surface area contributed by atoms with E-state index in [9.17, 15) is 14.4 Å². The Balaban J connectivity index is 2.00. The van der Waals surface area contributed by atoms with Crippen LogP contribution in [0.1, 0.15) is 45.7 Å². The van der Waals surface area contributed by atoms with Gasteiger partial charge in [0.1, 0.15) is 11.5 Å². The molecule has 0 aromatic heterocycles. The molecule has 0 bridgehead atoms. The number of hydrogen-bond donors (Lipinski definition) is 2. The highest BCUT2D eigenvalue weighted by molar-refractivity contribution is 5.95. The molecular formula is C27H41N5O6. The van der Waals surface area contributed by atoms with Crippen LogP contribution in [0.2, 0.25) is 0 Å². The maximum atomic E-state index is 13.4. The van der Waals surface area contributed by atoms with E-state index in [2.05, 4.69) is 15.5 Å². The summed E-state index contributed by atoms with van der Waals surface area (Å²) in [6, 6.07) is 4.20. The van der Waals surface area contributed by atoms with E-state index in [1.54, 1.807) is 37.1 Å². The average molecular weight is 532 g/mol. The normalized spacial score (nSPS) is 18.7. The highest BCUT2D eigenvalue weighted by atomic mass is 16.5. The molecule has 0 saturated carbocycles. The summed E-state index contributed by atoms with van der Waals surface area (Å²) in [5.41, 5.74) is 1.60. The van der Waals surface area contributed by atoms with Gasteiger partial charge >= 0.3 is 18.0 Å². The predicted octanol–water partition coefficient (Wildman–Crippen LogP) is 2.73. The third-order valence-electron chi connectivity index (χ3n) is 6.66. The maximum absolute atomic E-state index is 13.4. The molecule has 0 spiro atoms. The van der Waals surface area contributed by atoms with Crippen LogP contribution < -0.4 is 20.1 Å². The molecule has 1 aromatic rings. The molecule has 1 atom stereocenters. The monoisotopic (exact) mass is 531 g/mol. The fraction of sp³-hybridized carbons (Fsp3) is 0.593. The number of amides is 4. The average Bonchev–Trinajstić information content (AvgIpc) is 3.13. The van der Waals surface area contributed by atoms with Crippen molar-refractivity contribution < 1.29 is 28.6 Å². The summed E-state index contributed by atoms with van der Waals surface area (Å²) in [6.45, 7) is 11.0. The standard InChI is InChI=1S/C27H41N5O6/c1-7-32-21(17-30-12-9-13-31(15-14-30)26(34)28-18(3)4)23(25(33)38-8-2)24(29-27(32)35)20-11-10-19(36-5)16-22(20)37-6/h10-11,16,18,24H,7-9,12-15,17H2,1-6H3,(H,28,34)(H,29,35)/t24-/m1/s1. The van der Waals surface area contributed by atoms with Crippen LogP contribution in [0.4, 0.5) is 9.59 Å². The number of likely N-dealkylation sites (N-methyl/N-ethyl adjacent to an activating group) is 1. The van der Waals surface area contributed by atoms with E-state index < -0.39 is 12.0 Å². The lowest BCUT2D eigenvalue weighted by Crippen LogP contribution is -2.51. The van der Waals surface area contributed by atoms with Gasteiger partial charge in [0.15, 0.2) is 0 Å². The Bertz CT molecular complexity index is 1040. The van der Waals surface area contributed by atoms with Gasteiger partial charge in [0.2, 0.25) is 0 Å². The van der Waals surface area contributed by atoms with Gasteiger partial charge in [0.25, 0.3) is 0 Å². The first-order valence-electron chi connectivity index (χ1n) is 13.2. The lowest BCUT2D eigenvalue weighted by atomic mass is 9.93. The van der Waals surface area contributed by atoms with Crippen LogP contribution in [0.25, 0.3) is 0 Å². The van der Waals surface area contributed by atoms with E-state index in [4.69, 9.17) is 14.2 Å². The van der Waals surface area contributed by atoms with Crippen LogP contribution in [0.5, 0.6) is 11.5 Å². The van der Waals surface area contributed by atoms with E-state index in [1.165, 1.54) is 7.11 Å². The lowest BCUT2D eigenvalue weighted by Gasteiger charge is -2.38. The number of nitrogens with one attached hydrogen (secondary N) is 2. The van der Waals surface area contributed by atoms with Crippen molar-refractivity contribution in [2.24, 2.45) is 0 Å². The topological polar surface area (TPSA) is 113 Å². The van der Waals surface area contributed by atoms with E-state index in [-0.39, 0.29) is 24.7 Å². The van der Waals surface area contributed by atoms with Gasteiger partial charge < -0.3 is 29.7 Å². The first-order valence-corrected chi connectivity index (χ1v) is 13.2. The van der Waals surface area contributed by atoms with E-state index in [0.29, 0.717) is 61.1 Å². The zero-order chi connectivity index (χ0) is 27.8. The number of nitrogens with zero attached hydrogens (tertiary/aromatic N) is 3. The highest BCUT2D eigenvalue weighted by Crippen LogP contribution is 2.38. The molecule has 2 aliphatic heterocycles. The van der Waals surface area contributed by atoms with Crippen molar-refractivity contribution in [3.8, 4) is 11.5 Å². The third-order valence-corrected chi connectivity index (χ3v) is 6.66. The Kier molecular flexibility index (Phi) is 10.2. The van der Waals surface area contributed by atoms with E-state index in [1.807, 2.05) is 25.7 Å². The van der Waals surface area contributed by atoms with Gasteiger partial charge in [-0.25, -0.2) is 14.4 Å². The van der Waals surface area contributed by atoms with Crippen molar-refractivity contribution >= 4 is 18.0 Å². The Labute approximate surface area is 225 Å². The number of rotatable bonds is 9. The number of carbonyl (C=O) groups excluding carboxylic acids is 3.